The molecule has 2 heterocycles. The molecule has 3 aromatic rings. The van der Waals surface area contributed by atoms with Crippen molar-refractivity contribution in [3.8, 4) is 5.69 Å². The Labute approximate surface area is 176 Å². The third-order valence-corrected chi connectivity index (χ3v) is 5.28. The molecule has 0 saturated heterocycles. The van der Waals surface area contributed by atoms with Crippen molar-refractivity contribution in [1.29, 1.82) is 0 Å². The summed E-state index contributed by atoms with van der Waals surface area (Å²) in [7, 11) is 1.52. The first-order chi connectivity index (χ1) is 14.6. The average Bonchev–Trinajstić information content (AvgIpc) is 2.77. The quantitative estimate of drug-likeness (QED) is 0.585. The van der Waals surface area contributed by atoms with Crippen LogP contribution < -0.4 is 10.7 Å². The van der Waals surface area contributed by atoms with E-state index in [1.165, 1.54) is 19.4 Å². The van der Waals surface area contributed by atoms with Crippen LogP contribution in [0.25, 0.3) is 16.7 Å². The van der Waals surface area contributed by atoms with Crippen LogP contribution in [0.2, 0.25) is 0 Å². The Balaban J connectivity index is 0.00000272. The van der Waals surface area contributed by atoms with Gasteiger partial charge in [-0.1, -0.05) is 37.3 Å². The molecule has 0 saturated carbocycles. The zero-order valence-electron chi connectivity index (χ0n) is 17.1. The van der Waals surface area contributed by atoms with Gasteiger partial charge in [0.2, 0.25) is 0 Å². The second-order valence-corrected chi connectivity index (χ2v) is 7.18. The molecule has 1 N–H and O–H groups in total. The molecule has 2 aromatic heterocycles. The maximum atomic E-state index is 14.8. The number of rotatable bonds is 6. The number of ether oxygens (including phenoxy) is 1. The van der Waals surface area contributed by atoms with Crippen LogP contribution in [0.15, 0.2) is 71.3 Å². The minimum absolute atomic E-state index is 0. The van der Waals surface area contributed by atoms with E-state index in [9.17, 15) is 9.18 Å². The van der Waals surface area contributed by atoms with E-state index < -0.39 is 11.9 Å². The van der Waals surface area contributed by atoms with Crippen molar-refractivity contribution in [3.05, 3.63) is 88.1 Å². The van der Waals surface area contributed by atoms with Crippen LogP contribution in [0.1, 0.15) is 39.3 Å². The van der Waals surface area contributed by atoms with Crippen LogP contribution in [-0.4, -0.2) is 16.7 Å². The van der Waals surface area contributed by atoms with E-state index in [1.54, 1.807) is 0 Å². The monoisotopic (exact) mass is 407 g/mol. The lowest BCUT2D eigenvalue weighted by atomic mass is 10.0. The zero-order valence-corrected chi connectivity index (χ0v) is 17.1. The van der Waals surface area contributed by atoms with Crippen molar-refractivity contribution in [2.45, 2.75) is 32.3 Å². The molecule has 5 nitrogen and oxygen atoms in total. The van der Waals surface area contributed by atoms with Crippen LogP contribution in [0.3, 0.4) is 0 Å². The predicted molar refractivity (Wildman–Crippen MR) is 120 cm³/mol. The van der Waals surface area contributed by atoms with Gasteiger partial charge in [0.25, 0.3) is 0 Å². The van der Waals surface area contributed by atoms with E-state index in [0.717, 1.165) is 24.2 Å². The maximum Gasteiger partial charge on any atom is 0.193 e. The van der Waals surface area contributed by atoms with Crippen LogP contribution >= 0.6 is 0 Å². The lowest BCUT2D eigenvalue weighted by Gasteiger charge is -2.21. The second-order valence-electron chi connectivity index (χ2n) is 7.18. The fraction of sp³-hybridized carbons (Fsp3) is 0.250. The van der Waals surface area contributed by atoms with Gasteiger partial charge in [-0.25, -0.2) is 9.37 Å². The topological polar surface area (TPSA) is 56.1 Å². The Morgan fingerprint density at radius 1 is 1.30 bits per heavy atom. The number of nitrogens with zero attached hydrogens (tertiary/aromatic N) is 2. The number of para-hydroxylation sites is 1. The van der Waals surface area contributed by atoms with Gasteiger partial charge in [-0.2, -0.15) is 0 Å². The van der Waals surface area contributed by atoms with E-state index in [-0.39, 0.29) is 17.8 Å². The molecule has 1 atom stereocenters. The Kier molecular flexibility index (Phi) is 5.77. The number of methoxy groups -OCH3 is 1. The zero-order chi connectivity index (χ0) is 21.1. The summed E-state index contributed by atoms with van der Waals surface area (Å²) in [5, 5.41) is 3.59. The average molecular weight is 407 g/mol. The molecule has 1 unspecified atom stereocenters. The summed E-state index contributed by atoms with van der Waals surface area (Å²) in [6, 6.07) is 11.1. The fourth-order valence-electron chi connectivity index (χ4n) is 3.87. The van der Waals surface area contributed by atoms with Gasteiger partial charge in [0.05, 0.1) is 17.7 Å². The summed E-state index contributed by atoms with van der Waals surface area (Å²) in [5.74, 6) is 0.0403. The lowest BCUT2D eigenvalue weighted by Crippen LogP contribution is -2.18. The Morgan fingerprint density at radius 3 is 2.77 bits per heavy atom. The number of hydrogen-bond donors (Lipinski definition) is 1. The summed E-state index contributed by atoms with van der Waals surface area (Å²) < 4.78 is 22.1. The summed E-state index contributed by atoms with van der Waals surface area (Å²) >= 11 is 0. The molecular formula is C24H26FN3O2. The molecule has 30 heavy (non-hydrogen) atoms. The predicted octanol–water partition coefficient (Wildman–Crippen LogP) is 5.51. The number of pyridine rings is 2. The molecule has 0 amide bonds. The number of hydrogen-bond acceptors (Lipinski definition) is 4. The molecule has 0 radical (unpaired) electrons. The molecule has 1 aromatic carbocycles. The summed E-state index contributed by atoms with van der Waals surface area (Å²) in [6.45, 7) is 1.90. The molecule has 156 valence electrons. The normalized spacial score (nSPS) is 14.6. The minimum Gasteiger partial charge on any atom is -0.377 e. The van der Waals surface area contributed by atoms with E-state index in [0.29, 0.717) is 17.9 Å². The smallest absolute Gasteiger partial charge is 0.193 e. The third kappa shape index (κ3) is 3.66. The van der Waals surface area contributed by atoms with Crippen LogP contribution in [0, 0.1) is 5.82 Å². The van der Waals surface area contributed by atoms with Gasteiger partial charge in [-0.05, 0) is 37.5 Å². The number of fused-ring (bicyclic) bond motifs is 1. The highest BCUT2D eigenvalue weighted by atomic mass is 19.1. The van der Waals surface area contributed by atoms with Crippen molar-refractivity contribution >= 4 is 16.9 Å². The highest BCUT2D eigenvalue weighted by molar-refractivity contribution is 5.84. The van der Waals surface area contributed by atoms with Gasteiger partial charge >= 0.3 is 0 Å². The number of anilines is 1. The molecule has 1 aliphatic carbocycles. The van der Waals surface area contributed by atoms with Gasteiger partial charge in [-0.15, -0.1) is 0 Å². The summed E-state index contributed by atoms with van der Waals surface area (Å²) in [4.78, 5) is 17.5. The number of halogens is 1. The lowest BCUT2D eigenvalue weighted by molar-refractivity contribution is 0.0980. The van der Waals surface area contributed by atoms with Crippen molar-refractivity contribution < 1.29 is 10.6 Å². The molecule has 0 fully saturated rings. The summed E-state index contributed by atoms with van der Waals surface area (Å²) in [5.41, 5.74) is 2.08. The summed E-state index contributed by atoms with van der Waals surface area (Å²) in [6.07, 6.45) is 9.27. The van der Waals surface area contributed by atoms with E-state index >= 15 is 0 Å². The standard InChI is InChI=1S/C24H24FN3O2.H2/c1-3-20(30-2)22-18(25)15-26-24-23(22)19(29)14-21(27-16-10-6-4-7-11-16)28(24)17-12-8-5-9-13-17;/h5-6,8-15,20,27H,3-4,7H2,1-2H3;1H. The van der Waals surface area contributed by atoms with Gasteiger partial charge in [0.15, 0.2) is 11.1 Å². The van der Waals surface area contributed by atoms with Gasteiger partial charge in [0, 0.05) is 31.6 Å². The second kappa shape index (κ2) is 8.63. The number of benzene rings is 1. The highest BCUT2D eigenvalue weighted by Crippen LogP contribution is 2.31. The molecule has 0 spiro atoms. The third-order valence-electron chi connectivity index (χ3n) is 5.28. The SMILES string of the molecule is CCC(OC)c1c(F)cnc2c1c(=O)cc(NC1=CCCC=C1)n2-c1ccccc1.[HH]. The van der Waals surface area contributed by atoms with Crippen molar-refractivity contribution in [2.75, 3.05) is 12.4 Å². The first-order valence-electron chi connectivity index (χ1n) is 10.1. The molecule has 6 heteroatoms. The number of aromatic nitrogens is 2. The van der Waals surface area contributed by atoms with Crippen LogP contribution in [0.4, 0.5) is 10.2 Å². The Bertz CT molecular complexity index is 1180. The largest absolute Gasteiger partial charge is 0.377 e. The van der Waals surface area contributed by atoms with Crippen molar-refractivity contribution in [3.63, 3.8) is 0 Å². The molecule has 4 rings (SSSR count). The Hall–Kier alpha value is -3.25. The number of nitrogens with one attached hydrogen (secondary N) is 1. The van der Waals surface area contributed by atoms with Crippen LogP contribution in [0.5, 0.6) is 0 Å². The van der Waals surface area contributed by atoms with Crippen LogP contribution in [-0.2, 0) is 4.74 Å². The van der Waals surface area contributed by atoms with E-state index in [4.69, 9.17) is 4.74 Å². The van der Waals surface area contributed by atoms with Gasteiger partial charge < -0.3 is 10.1 Å². The van der Waals surface area contributed by atoms with Crippen molar-refractivity contribution in [1.82, 2.24) is 9.55 Å². The van der Waals surface area contributed by atoms with Gasteiger partial charge in [-0.3, -0.25) is 9.36 Å². The molecule has 0 bridgehead atoms. The fourth-order valence-corrected chi connectivity index (χ4v) is 3.87. The first-order valence-corrected chi connectivity index (χ1v) is 10.1. The molecule has 0 aliphatic heterocycles. The molecule has 1 aliphatic rings. The Morgan fingerprint density at radius 2 is 2.10 bits per heavy atom. The first kappa shape index (κ1) is 20.0. The highest BCUT2D eigenvalue weighted by Gasteiger charge is 2.23. The van der Waals surface area contributed by atoms with Crippen molar-refractivity contribution in [2.24, 2.45) is 0 Å². The van der Waals surface area contributed by atoms with Gasteiger partial charge in [0.1, 0.15) is 11.6 Å². The van der Waals surface area contributed by atoms with E-state index in [2.05, 4.69) is 22.5 Å². The molecular weight excluding hydrogens is 381 g/mol. The maximum absolute atomic E-state index is 14.8. The number of allylic oxidation sites excluding steroid dienone is 3. The van der Waals surface area contributed by atoms with E-state index in [1.807, 2.05) is 47.9 Å². The minimum atomic E-state index is -0.536.